The van der Waals surface area contributed by atoms with Crippen LogP contribution in [0.4, 0.5) is 5.82 Å². The first-order valence-electron chi connectivity index (χ1n) is 12.6. The Morgan fingerprint density at radius 2 is 1.76 bits per heavy atom. The molecule has 198 valence electrons. The van der Waals surface area contributed by atoms with Crippen molar-refractivity contribution >= 4 is 22.6 Å². The van der Waals surface area contributed by atoms with E-state index in [0.717, 1.165) is 12.8 Å². The van der Waals surface area contributed by atoms with Crippen LogP contribution in [-0.4, -0.2) is 66.3 Å². The Kier molecular flexibility index (Phi) is 7.85. The van der Waals surface area contributed by atoms with Crippen LogP contribution in [0.2, 0.25) is 0 Å². The summed E-state index contributed by atoms with van der Waals surface area (Å²) in [6, 6.07) is 14.0. The molecule has 4 N–H and O–H groups in total. The van der Waals surface area contributed by atoms with Crippen LogP contribution < -0.4 is 20.5 Å². The number of nitrogen functional groups attached to an aromatic ring is 1. The lowest BCUT2D eigenvalue weighted by Gasteiger charge is -2.44. The molecule has 1 aromatic heterocycles. The standard InChI is InChI=1S/C28H37N5O4/c1-27(2,18-34)26(35)33-12-10-28(11-13-33,19-8-6-5-7-9-19)17-30-16-24-31-21-15-23(37-4)22(36-3)14-20(21)25(29)32-24/h5-9,14-15,30,34H,10-13,16-18H2,1-4H3,(H2,29,31,32). The molecule has 2 aromatic carbocycles. The van der Waals surface area contributed by atoms with Gasteiger partial charge >= 0.3 is 0 Å². The number of aromatic nitrogens is 2. The van der Waals surface area contributed by atoms with Gasteiger partial charge in [0, 0.05) is 36.5 Å². The average molecular weight is 508 g/mol. The van der Waals surface area contributed by atoms with Gasteiger partial charge in [0.1, 0.15) is 11.6 Å². The molecule has 9 nitrogen and oxygen atoms in total. The number of amides is 1. The van der Waals surface area contributed by atoms with Crippen molar-refractivity contribution in [1.82, 2.24) is 20.2 Å². The van der Waals surface area contributed by atoms with E-state index >= 15 is 0 Å². The third kappa shape index (κ3) is 5.47. The lowest BCUT2D eigenvalue weighted by atomic mass is 9.72. The molecule has 0 atom stereocenters. The molecule has 1 fully saturated rings. The number of rotatable bonds is 9. The number of hydrogen-bond donors (Lipinski definition) is 3. The smallest absolute Gasteiger partial charge is 0.230 e. The van der Waals surface area contributed by atoms with Gasteiger partial charge in [-0.3, -0.25) is 4.79 Å². The van der Waals surface area contributed by atoms with Crippen molar-refractivity contribution in [2.45, 2.75) is 38.6 Å². The molecule has 0 aliphatic carbocycles. The zero-order valence-corrected chi connectivity index (χ0v) is 22.1. The van der Waals surface area contributed by atoms with Gasteiger partial charge in [0.2, 0.25) is 5.91 Å². The number of nitrogens with one attached hydrogen (secondary N) is 1. The summed E-state index contributed by atoms with van der Waals surface area (Å²) in [5, 5.41) is 13.9. The van der Waals surface area contributed by atoms with Crippen LogP contribution in [0.1, 0.15) is 38.1 Å². The van der Waals surface area contributed by atoms with E-state index in [2.05, 4.69) is 34.6 Å². The summed E-state index contributed by atoms with van der Waals surface area (Å²) in [6.45, 7) is 5.84. The van der Waals surface area contributed by atoms with Crippen LogP contribution >= 0.6 is 0 Å². The topological polar surface area (TPSA) is 123 Å². The summed E-state index contributed by atoms with van der Waals surface area (Å²) in [7, 11) is 3.17. The maximum atomic E-state index is 12.9. The molecule has 0 bridgehead atoms. The van der Waals surface area contributed by atoms with Gasteiger partial charge in [-0.1, -0.05) is 30.3 Å². The van der Waals surface area contributed by atoms with Crippen molar-refractivity contribution in [3.8, 4) is 11.5 Å². The first-order chi connectivity index (χ1) is 17.7. The van der Waals surface area contributed by atoms with Gasteiger partial charge in [0.05, 0.1) is 38.3 Å². The zero-order chi connectivity index (χ0) is 26.6. The second-order valence-electron chi connectivity index (χ2n) is 10.3. The Labute approximate surface area is 218 Å². The molecule has 1 saturated heterocycles. The molecular formula is C28H37N5O4. The Balaban J connectivity index is 1.51. The second kappa shape index (κ2) is 10.9. The number of aliphatic hydroxyl groups is 1. The van der Waals surface area contributed by atoms with E-state index in [-0.39, 0.29) is 17.9 Å². The Morgan fingerprint density at radius 1 is 1.11 bits per heavy atom. The van der Waals surface area contributed by atoms with E-state index < -0.39 is 5.41 Å². The summed E-state index contributed by atoms with van der Waals surface area (Å²) in [5.74, 6) is 2.14. The number of aliphatic hydroxyl groups excluding tert-OH is 1. The normalized spacial score (nSPS) is 15.5. The van der Waals surface area contributed by atoms with E-state index in [1.165, 1.54) is 5.56 Å². The molecule has 2 heterocycles. The van der Waals surface area contributed by atoms with Crippen molar-refractivity contribution in [2.75, 3.05) is 46.2 Å². The molecule has 3 aromatic rings. The van der Waals surface area contributed by atoms with Gasteiger partial charge in [-0.05, 0) is 38.3 Å². The van der Waals surface area contributed by atoms with Crippen molar-refractivity contribution in [2.24, 2.45) is 5.41 Å². The number of carbonyl (C=O) groups is 1. The van der Waals surface area contributed by atoms with Crippen molar-refractivity contribution < 1.29 is 19.4 Å². The number of carbonyl (C=O) groups excluding carboxylic acids is 1. The molecule has 0 spiro atoms. The van der Waals surface area contributed by atoms with Crippen molar-refractivity contribution in [3.05, 3.63) is 53.9 Å². The molecule has 1 aliphatic rings. The second-order valence-corrected chi connectivity index (χ2v) is 10.3. The predicted octanol–water partition coefficient (Wildman–Crippen LogP) is 2.90. The maximum Gasteiger partial charge on any atom is 0.230 e. The van der Waals surface area contributed by atoms with Crippen LogP contribution in [0.5, 0.6) is 11.5 Å². The summed E-state index contributed by atoms with van der Waals surface area (Å²) >= 11 is 0. The largest absolute Gasteiger partial charge is 0.493 e. The lowest BCUT2D eigenvalue weighted by Crippen LogP contribution is -2.52. The molecular weight excluding hydrogens is 470 g/mol. The number of methoxy groups -OCH3 is 2. The number of ether oxygens (including phenoxy) is 2. The predicted molar refractivity (Wildman–Crippen MR) is 144 cm³/mol. The van der Waals surface area contributed by atoms with Gasteiger partial charge in [0.25, 0.3) is 0 Å². The number of fused-ring (bicyclic) bond motifs is 1. The molecule has 0 saturated carbocycles. The molecule has 9 heteroatoms. The summed E-state index contributed by atoms with van der Waals surface area (Å²) in [4.78, 5) is 24.0. The van der Waals surface area contributed by atoms with E-state index in [9.17, 15) is 9.90 Å². The molecule has 0 radical (unpaired) electrons. The fraction of sp³-hybridized carbons (Fsp3) is 0.464. The summed E-state index contributed by atoms with van der Waals surface area (Å²) < 4.78 is 10.8. The Hall–Kier alpha value is -3.43. The lowest BCUT2D eigenvalue weighted by molar-refractivity contribution is -0.144. The van der Waals surface area contributed by atoms with Gasteiger partial charge < -0.3 is 30.5 Å². The summed E-state index contributed by atoms with van der Waals surface area (Å²) in [5.41, 5.74) is 7.29. The van der Waals surface area contributed by atoms with Crippen LogP contribution in [0.15, 0.2) is 42.5 Å². The minimum Gasteiger partial charge on any atom is -0.493 e. The van der Waals surface area contributed by atoms with E-state index in [4.69, 9.17) is 20.2 Å². The number of nitrogens with two attached hydrogens (primary N) is 1. The van der Waals surface area contributed by atoms with E-state index in [1.807, 2.05) is 17.0 Å². The van der Waals surface area contributed by atoms with E-state index in [1.54, 1.807) is 34.1 Å². The number of hydrogen-bond acceptors (Lipinski definition) is 8. The highest BCUT2D eigenvalue weighted by atomic mass is 16.5. The maximum absolute atomic E-state index is 12.9. The van der Waals surface area contributed by atoms with Gasteiger partial charge in [-0.15, -0.1) is 0 Å². The van der Waals surface area contributed by atoms with Crippen molar-refractivity contribution in [1.29, 1.82) is 0 Å². The number of anilines is 1. The number of nitrogens with zero attached hydrogens (tertiary/aromatic N) is 3. The number of benzene rings is 2. The fourth-order valence-corrected chi connectivity index (χ4v) is 5.01. The first kappa shape index (κ1) is 26.6. The highest BCUT2D eigenvalue weighted by Gasteiger charge is 2.40. The minimum absolute atomic E-state index is 0.00304. The zero-order valence-electron chi connectivity index (χ0n) is 22.1. The number of piperidine rings is 1. The average Bonchev–Trinajstić information content (AvgIpc) is 2.92. The first-order valence-corrected chi connectivity index (χ1v) is 12.6. The van der Waals surface area contributed by atoms with Crippen LogP contribution in [-0.2, 0) is 16.8 Å². The van der Waals surface area contributed by atoms with E-state index in [0.29, 0.717) is 60.2 Å². The highest BCUT2D eigenvalue weighted by molar-refractivity contribution is 5.90. The van der Waals surface area contributed by atoms with Gasteiger partial charge in [-0.25, -0.2) is 9.97 Å². The molecule has 1 amide bonds. The van der Waals surface area contributed by atoms with Crippen LogP contribution in [0, 0.1) is 5.41 Å². The Bertz CT molecular complexity index is 1240. The quantitative estimate of drug-likeness (QED) is 0.404. The molecule has 37 heavy (non-hydrogen) atoms. The molecule has 0 unspecified atom stereocenters. The van der Waals surface area contributed by atoms with Crippen molar-refractivity contribution in [3.63, 3.8) is 0 Å². The fourth-order valence-electron chi connectivity index (χ4n) is 5.01. The highest BCUT2D eigenvalue weighted by Crippen LogP contribution is 2.37. The van der Waals surface area contributed by atoms with Crippen LogP contribution in [0.3, 0.4) is 0 Å². The summed E-state index contributed by atoms with van der Waals surface area (Å²) in [6.07, 6.45) is 1.63. The minimum atomic E-state index is -0.773. The van der Waals surface area contributed by atoms with Crippen LogP contribution in [0.25, 0.3) is 10.9 Å². The SMILES string of the molecule is COc1cc2nc(CNCC3(c4ccccc4)CCN(C(=O)C(C)(C)CO)CC3)nc(N)c2cc1OC. The third-order valence-electron chi connectivity index (χ3n) is 7.39. The molecule has 4 rings (SSSR count). The monoisotopic (exact) mass is 507 g/mol. The van der Waals surface area contributed by atoms with Gasteiger partial charge in [0.15, 0.2) is 11.5 Å². The Morgan fingerprint density at radius 3 is 2.38 bits per heavy atom. The van der Waals surface area contributed by atoms with Gasteiger partial charge in [-0.2, -0.15) is 0 Å². The molecule has 1 aliphatic heterocycles. The third-order valence-corrected chi connectivity index (χ3v) is 7.39. The number of likely N-dealkylation sites (tertiary alicyclic amines) is 1.